The van der Waals surface area contributed by atoms with Gasteiger partial charge >= 0.3 is 0 Å². The van der Waals surface area contributed by atoms with Crippen LogP contribution in [0.25, 0.3) is 11.1 Å². The number of halogens is 2. The van der Waals surface area contributed by atoms with E-state index in [2.05, 4.69) is 31.1 Å². The predicted octanol–water partition coefficient (Wildman–Crippen LogP) is 5.17. The van der Waals surface area contributed by atoms with E-state index in [1.54, 1.807) is 12.1 Å². The van der Waals surface area contributed by atoms with Gasteiger partial charge in [0.05, 0.1) is 12.3 Å². The van der Waals surface area contributed by atoms with Crippen LogP contribution >= 0.6 is 0 Å². The van der Waals surface area contributed by atoms with Gasteiger partial charge in [0.15, 0.2) is 17.3 Å². The number of aromatic amines is 1. The van der Waals surface area contributed by atoms with E-state index in [0.717, 1.165) is 28.6 Å². The maximum atomic E-state index is 14.9. The largest absolute Gasteiger partial charge is 0.489 e. The average Bonchev–Trinajstić information content (AvgIpc) is 3.39. The second kappa shape index (κ2) is 10.3. The number of rotatable bonds is 7. The first-order valence-corrected chi connectivity index (χ1v) is 13.8. The lowest BCUT2D eigenvalue weighted by atomic mass is 9.75. The van der Waals surface area contributed by atoms with Gasteiger partial charge in [0.2, 0.25) is 11.7 Å². The fraction of sp³-hybridized carbons (Fsp3) is 0.367. The van der Waals surface area contributed by atoms with Gasteiger partial charge < -0.3 is 15.4 Å². The van der Waals surface area contributed by atoms with Crippen LogP contribution in [0.5, 0.6) is 5.75 Å². The van der Waals surface area contributed by atoms with E-state index in [1.165, 1.54) is 6.07 Å². The number of benzene rings is 2. The molecule has 2 atom stereocenters. The summed E-state index contributed by atoms with van der Waals surface area (Å²) in [7, 11) is 0. The molecule has 2 aliphatic rings. The molecule has 2 aromatic heterocycles. The molecule has 4 aromatic rings. The third kappa shape index (κ3) is 4.70. The number of ether oxygens (including phenoxy) is 1. The third-order valence-corrected chi connectivity index (χ3v) is 8.22. The summed E-state index contributed by atoms with van der Waals surface area (Å²) in [6, 6.07) is 8.52. The number of aromatic nitrogens is 4. The number of fused-ring (bicyclic) bond motifs is 1. The van der Waals surface area contributed by atoms with Gasteiger partial charge in [0, 0.05) is 39.8 Å². The van der Waals surface area contributed by atoms with Crippen LogP contribution in [0, 0.1) is 30.9 Å². The van der Waals surface area contributed by atoms with Crippen LogP contribution in [0.2, 0.25) is 0 Å². The van der Waals surface area contributed by atoms with Gasteiger partial charge in [-0.05, 0) is 55.6 Å². The molecule has 42 heavy (non-hydrogen) atoms. The van der Waals surface area contributed by atoms with E-state index in [-0.39, 0.29) is 24.0 Å². The first-order valence-electron chi connectivity index (χ1n) is 13.8. The monoisotopic (exact) mass is 576 g/mol. The minimum atomic E-state index is -1.18. The van der Waals surface area contributed by atoms with E-state index in [4.69, 9.17) is 9.37 Å². The Hall–Kier alpha value is -4.61. The SMILES string of the molecule is Cc1n[nH]c(C)c1-c1ccc(NC(=O)[C@@H](NC(=O)c2nonc2C(C)C)C2c3ccc(F)c(F)c3OCC23CC3)cc1. The third-order valence-electron chi connectivity index (χ3n) is 8.22. The molecule has 0 saturated heterocycles. The highest BCUT2D eigenvalue weighted by Crippen LogP contribution is 2.61. The molecule has 12 heteroatoms. The first kappa shape index (κ1) is 27.6. The standard InChI is InChI=1S/C30H30F2N6O4/c1-14(2)24-26(38-42-37-24)29(40)34-25(22-19-9-10-20(31)23(32)27(19)41-13-30(22)11-12-30)28(39)33-18-7-5-17(6-8-18)21-15(3)35-36-16(21)4/h5-10,14,22,25H,11-13H2,1-4H3,(H,33,39)(H,34,40)(H,35,36)/t22?,25-/m0/s1. The highest BCUT2D eigenvalue weighted by Gasteiger charge is 2.58. The van der Waals surface area contributed by atoms with Gasteiger partial charge in [-0.15, -0.1) is 0 Å². The summed E-state index contributed by atoms with van der Waals surface area (Å²) in [4.78, 5) is 27.5. The van der Waals surface area contributed by atoms with Gasteiger partial charge in [0.25, 0.3) is 5.91 Å². The maximum Gasteiger partial charge on any atom is 0.276 e. The Morgan fingerprint density at radius 1 is 1.07 bits per heavy atom. The van der Waals surface area contributed by atoms with E-state index >= 15 is 0 Å². The molecule has 1 spiro atoms. The molecule has 1 saturated carbocycles. The van der Waals surface area contributed by atoms with E-state index in [1.807, 2.05) is 39.8 Å². The van der Waals surface area contributed by atoms with Crippen molar-refractivity contribution in [3.63, 3.8) is 0 Å². The molecule has 1 aliphatic carbocycles. The summed E-state index contributed by atoms with van der Waals surface area (Å²) >= 11 is 0. The average molecular weight is 577 g/mol. The zero-order valence-electron chi connectivity index (χ0n) is 23.5. The molecular formula is C30H30F2N6O4. The van der Waals surface area contributed by atoms with Crippen LogP contribution in [-0.2, 0) is 4.79 Å². The second-order valence-corrected chi connectivity index (χ2v) is 11.4. The molecule has 1 aliphatic heterocycles. The summed E-state index contributed by atoms with van der Waals surface area (Å²) in [6.07, 6.45) is 1.38. The summed E-state index contributed by atoms with van der Waals surface area (Å²) < 4.78 is 39.5. The maximum absolute atomic E-state index is 14.9. The minimum absolute atomic E-state index is 0.0413. The number of aryl methyl sites for hydroxylation is 2. The van der Waals surface area contributed by atoms with Crippen molar-refractivity contribution < 1.29 is 27.7 Å². The minimum Gasteiger partial charge on any atom is -0.489 e. The van der Waals surface area contributed by atoms with Crippen LogP contribution in [0.15, 0.2) is 41.0 Å². The lowest BCUT2D eigenvalue weighted by Gasteiger charge is -2.38. The van der Waals surface area contributed by atoms with E-state index < -0.39 is 40.8 Å². The molecule has 2 amide bonds. The Labute approximate surface area is 240 Å². The zero-order chi connectivity index (χ0) is 29.8. The fourth-order valence-electron chi connectivity index (χ4n) is 5.88. The van der Waals surface area contributed by atoms with Gasteiger partial charge in [-0.2, -0.15) is 9.49 Å². The Morgan fingerprint density at radius 3 is 2.45 bits per heavy atom. The molecule has 1 unspecified atom stereocenters. The highest BCUT2D eigenvalue weighted by molar-refractivity contribution is 6.01. The summed E-state index contributed by atoms with van der Waals surface area (Å²) in [6.45, 7) is 7.60. The van der Waals surface area contributed by atoms with Crippen molar-refractivity contribution in [1.82, 2.24) is 25.8 Å². The van der Waals surface area contributed by atoms with Crippen molar-refractivity contribution in [2.24, 2.45) is 5.41 Å². The molecule has 2 aromatic carbocycles. The zero-order valence-corrected chi connectivity index (χ0v) is 23.5. The first-order chi connectivity index (χ1) is 20.1. The molecule has 10 nitrogen and oxygen atoms in total. The molecule has 6 rings (SSSR count). The van der Waals surface area contributed by atoms with Gasteiger partial charge in [-0.1, -0.05) is 37.2 Å². The van der Waals surface area contributed by atoms with Crippen molar-refractivity contribution >= 4 is 17.5 Å². The number of hydrogen-bond acceptors (Lipinski definition) is 7. The smallest absolute Gasteiger partial charge is 0.276 e. The van der Waals surface area contributed by atoms with Gasteiger partial charge in [0.1, 0.15) is 11.7 Å². The molecule has 1 fully saturated rings. The molecule has 3 heterocycles. The number of carbonyl (C=O) groups excluding carboxylic acids is 2. The highest BCUT2D eigenvalue weighted by atomic mass is 19.2. The molecule has 0 bridgehead atoms. The topological polar surface area (TPSA) is 135 Å². The molecule has 3 N–H and O–H groups in total. The van der Waals surface area contributed by atoms with E-state index in [9.17, 15) is 18.4 Å². The molecule has 218 valence electrons. The second-order valence-electron chi connectivity index (χ2n) is 11.4. The Bertz CT molecular complexity index is 1660. The Kier molecular flexibility index (Phi) is 6.78. The van der Waals surface area contributed by atoms with Crippen molar-refractivity contribution in [3.05, 3.63) is 76.4 Å². The molecule has 0 radical (unpaired) electrons. The van der Waals surface area contributed by atoms with Crippen LogP contribution < -0.4 is 15.4 Å². The Morgan fingerprint density at radius 2 is 1.81 bits per heavy atom. The lowest BCUT2D eigenvalue weighted by molar-refractivity contribution is -0.119. The van der Waals surface area contributed by atoms with Crippen molar-refractivity contribution in [2.75, 3.05) is 11.9 Å². The van der Waals surface area contributed by atoms with E-state index in [0.29, 0.717) is 29.8 Å². The normalized spacial score (nSPS) is 17.5. The number of carbonyl (C=O) groups is 2. The number of H-pyrrole nitrogens is 1. The summed E-state index contributed by atoms with van der Waals surface area (Å²) in [5, 5.41) is 20.6. The van der Waals surface area contributed by atoms with Crippen molar-refractivity contribution in [2.45, 2.75) is 58.4 Å². The number of anilines is 1. The van der Waals surface area contributed by atoms with Crippen molar-refractivity contribution in [1.29, 1.82) is 0 Å². The summed E-state index contributed by atoms with van der Waals surface area (Å²) in [5.41, 5.74) is 4.26. The molecular weight excluding hydrogens is 546 g/mol. The number of nitrogens with one attached hydrogen (secondary N) is 3. The lowest BCUT2D eigenvalue weighted by Crippen LogP contribution is -2.52. The van der Waals surface area contributed by atoms with Crippen LogP contribution in [0.3, 0.4) is 0 Å². The van der Waals surface area contributed by atoms with Crippen molar-refractivity contribution in [3.8, 4) is 16.9 Å². The number of nitrogens with zero attached hydrogens (tertiary/aromatic N) is 3. The Balaban J connectivity index is 1.36. The number of hydrogen-bond donors (Lipinski definition) is 3. The number of amides is 2. The van der Waals surface area contributed by atoms with Gasteiger partial charge in [-0.3, -0.25) is 14.7 Å². The fourth-order valence-corrected chi connectivity index (χ4v) is 5.88. The van der Waals surface area contributed by atoms with Crippen LogP contribution in [0.4, 0.5) is 14.5 Å². The quantitative estimate of drug-likeness (QED) is 0.276. The van der Waals surface area contributed by atoms with Crippen LogP contribution in [-0.4, -0.2) is 45.0 Å². The predicted molar refractivity (Wildman–Crippen MR) is 148 cm³/mol. The summed E-state index contributed by atoms with van der Waals surface area (Å²) in [5.74, 6) is -4.47. The van der Waals surface area contributed by atoms with Crippen LogP contribution in [0.1, 0.15) is 71.7 Å². The van der Waals surface area contributed by atoms with Gasteiger partial charge in [-0.25, -0.2) is 9.02 Å².